The maximum Gasteiger partial charge on any atom is 0.303 e. The van der Waals surface area contributed by atoms with Crippen LogP contribution in [0.2, 0.25) is 0 Å². The molecule has 23 heavy (non-hydrogen) atoms. The van der Waals surface area contributed by atoms with E-state index in [0.717, 1.165) is 5.56 Å². The molecule has 1 aromatic heterocycles. The van der Waals surface area contributed by atoms with E-state index in [9.17, 15) is 9.59 Å². The van der Waals surface area contributed by atoms with Crippen LogP contribution < -0.4 is 10.2 Å². The first-order valence-electron chi connectivity index (χ1n) is 7.07. The number of amides is 1. The number of carboxylic acids is 1. The van der Waals surface area contributed by atoms with Crippen LogP contribution in [-0.2, 0) is 11.2 Å². The molecule has 0 aliphatic heterocycles. The first-order valence-corrected chi connectivity index (χ1v) is 7.07. The monoisotopic (exact) mass is 314 g/mol. The minimum absolute atomic E-state index is 0.0505. The number of carboxylic acid groups (broad SMARTS) is 1. The number of rotatable bonds is 6. The predicted molar refractivity (Wildman–Crippen MR) is 86.7 cm³/mol. The van der Waals surface area contributed by atoms with Crippen molar-refractivity contribution in [3.8, 4) is 0 Å². The van der Waals surface area contributed by atoms with E-state index in [-0.39, 0.29) is 18.0 Å². The van der Waals surface area contributed by atoms with Crippen LogP contribution in [0.3, 0.4) is 0 Å². The van der Waals surface area contributed by atoms with Crippen LogP contribution in [-0.4, -0.2) is 41.0 Å². The summed E-state index contributed by atoms with van der Waals surface area (Å²) < 4.78 is 0. The zero-order chi connectivity index (χ0) is 16.8. The average molecular weight is 314 g/mol. The summed E-state index contributed by atoms with van der Waals surface area (Å²) in [7, 11) is 3.68. The van der Waals surface area contributed by atoms with E-state index in [4.69, 9.17) is 5.11 Å². The normalized spacial score (nSPS) is 10.2. The lowest BCUT2D eigenvalue weighted by Crippen LogP contribution is -2.16. The minimum Gasteiger partial charge on any atom is -0.481 e. The summed E-state index contributed by atoms with van der Waals surface area (Å²) in [6, 6.07) is 7.09. The van der Waals surface area contributed by atoms with Crippen molar-refractivity contribution in [1.29, 1.82) is 0 Å². The second-order valence-electron chi connectivity index (χ2n) is 5.20. The highest BCUT2D eigenvalue weighted by atomic mass is 16.4. The maximum absolute atomic E-state index is 12.2. The predicted octanol–water partition coefficient (Wildman–Crippen LogP) is 1.81. The van der Waals surface area contributed by atoms with Crippen molar-refractivity contribution >= 4 is 23.4 Å². The maximum atomic E-state index is 12.2. The van der Waals surface area contributed by atoms with E-state index >= 15 is 0 Å². The lowest BCUT2D eigenvalue weighted by atomic mass is 10.1. The molecule has 0 spiro atoms. The third-order valence-corrected chi connectivity index (χ3v) is 3.14. The van der Waals surface area contributed by atoms with Gasteiger partial charge in [-0.2, -0.15) is 0 Å². The molecule has 0 atom stereocenters. The van der Waals surface area contributed by atoms with Gasteiger partial charge >= 0.3 is 5.97 Å². The van der Waals surface area contributed by atoms with Crippen molar-refractivity contribution < 1.29 is 14.7 Å². The Hall–Kier alpha value is -2.96. The van der Waals surface area contributed by atoms with Crippen molar-refractivity contribution in [2.75, 3.05) is 24.3 Å². The molecule has 1 heterocycles. The highest BCUT2D eigenvalue weighted by molar-refractivity contribution is 6.02. The van der Waals surface area contributed by atoms with Gasteiger partial charge in [-0.05, 0) is 24.1 Å². The van der Waals surface area contributed by atoms with Crippen LogP contribution in [0.1, 0.15) is 22.5 Å². The van der Waals surface area contributed by atoms with Crippen molar-refractivity contribution in [3.05, 3.63) is 47.9 Å². The fourth-order valence-electron chi connectivity index (χ4n) is 1.92. The van der Waals surface area contributed by atoms with Gasteiger partial charge in [0.15, 0.2) is 0 Å². The Bertz CT molecular complexity index is 699. The first kappa shape index (κ1) is 16.4. The molecule has 0 fully saturated rings. The highest BCUT2D eigenvalue weighted by Crippen LogP contribution is 2.13. The van der Waals surface area contributed by atoms with Gasteiger partial charge in [0.25, 0.3) is 5.91 Å². The molecule has 7 nitrogen and oxygen atoms in total. The number of benzene rings is 1. The van der Waals surface area contributed by atoms with Crippen LogP contribution in [0.5, 0.6) is 0 Å². The van der Waals surface area contributed by atoms with Crippen molar-refractivity contribution in [2.24, 2.45) is 0 Å². The van der Waals surface area contributed by atoms with Crippen molar-refractivity contribution in [3.63, 3.8) is 0 Å². The van der Waals surface area contributed by atoms with Gasteiger partial charge in [0.05, 0.1) is 12.4 Å². The molecule has 120 valence electrons. The first-order chi connectivity index (χ1) is 11.0. The zero-order valence-corrected chi connectivity index (χ0v) is 13.0. The van der Waals surface area contributed by atoms with Gasteiger partial charge < -0.3 is 15.3 Å². The fourth-order valence-corrected chi connectivity index (χ4v) is 1.92. The van der Waals surface area contributed by atoms with Gasteiger partial charge in [-0.1, -0.05) is 12.1 Å². The van der Waals surface area contributed by atoms with Crippen molar-refractivity contribution in [1.82, 2.24) is 9.97 Å². The zero-order valence-electron chi connectivity index (χ0n) is 13.0. The van der Waals surface area contributed by atoms with Gasteiger partial charge in [0.1, 0.15) is 11.5 Å². The topological polar surface area (TPSA) is 95.4 Å². The number of nitrogens with zero attached hydrogens (tertiary/aromatic N) is 3. The summed E-state index contributed by atoms with van der Waals surface area (Å²) in [6.45, 7) is 0. The number of anilines is 2. The summed E-state index contributed by atoms with van der Waals surface area (Å²) in [5.74, 6) is -0.550. The largest absolute Gasteiger partial charge is 0.481 e. The third kappa shape index (κ3) is 4.77. The number of carbonyl (C=O) groups is 2. The van der Waals surface area contributed by atoms with Gasteiger partial charge in [-0.25, -0.2) is 9.97 Å². The lowest BCUT2D eigenvalue weighted by Gasteiger charge is -2.11. The van der Waals surface area contributed by atoms with E-state index in [1.54, 1.807) is 23.1 Å². The summed E-state index contributed by atoms with van der Waals surface area (Å²) in [4.78, 5) is 32.8. The van der Waals surface area contributed by atoms with Crippen LogP contribution in [0, 0.1) is 0 Å². The second-order valence-corrected chi connectivity index (χ2v) is 5.20. The molecule has 0 aliphatic carbocycles. The van der Waals surface area contributed by atoms with E-state index < -0.39 is 5.97 Å². The standard InChI is InChI=1S/C16H18N4O3/c1-20(2)14-10-17-13(9-18-14)16(23)19-12-5-3-4-11(8-12)6-7-15(21)22/h3-5,8-10H,6-7H2,1-2H3,(H,19,23)(H,21,22). The summed E-state index contributed by atoms with van der Waals surface area (Å²) >= 11 is 0. The molecule has 7 heteroatoms. The van der Waals surface area contributed by atoms with E-state index in [1.165, 1.54) is 12.4 Å². The Morgan fingerprint density at radius 2 is 2.00 bits per heavy atom. The van der Waals surface area contributed by atoms with Gasteiger partial charge in [0.2, 0.25) is 0 Å². The fraction of sp³-hybridized carbons (Fsp3) is 0.250. The summed E-state index contributed by atoms with van der Waals surface area (Å²) in [5.41, 5.74) is 1.65. The lowest BCUT2D eigenvalue weighted by molar-refractivity contribution is -0.136. The number of nitrogens with one attached hydrogen (secondary N) is 1. The van der Waals surface area contributed by atoms with Crippen LogP contribution in [0.15, 0.2) is 36.7 Å². The third-order valence-electron chi connectivity index (χ3n) is 3.14. The average Bonchev–Trinajstić information content (AvgIpc) is 2.53. The molecule has 2 aromatic rings. The Balaban J connectivity index is 2.04. The Morgan fingerprint density at radius 3 is 2.61 bits per heavy atom. The number of aromatic nitrogens is 2. The Labute approximate surface area is 134 Å². The molecule has 0 unspecified atom stereocenters. The van der Waals surface area contributed by atoms with E-state index in [2.05, 4.69) is 15.3 Å². The Morgan fingerprint density at radius 1 is 1.22 bits per heavy atom. The van der Waals surface area contributed by atoms with E-state index in [1.807, 2.05) is 20.2 Å². The molecule has 1 aromatic carbocycles. The number of hydrogen-bond donors (Lipinski definition) is 2. The number of carbonyl (C=O) groups excluding carboxylic acids is 1. The molecule has 2 rings (SSSR count). The molecule has 1 amide bonds. The molecule has 0 bridgehead atoms. The van der Waals surface area contributed by atoms with Crippen LogP contribution in [0.25, 0.3) is 0 Å². The summed E-state index contributed by atoms with van der Waals surface area (Å²) in [5, 5.41) is 11.4. The molecule has 0 radical (unpaired) electrons. The second kappa shape index (κ2) is 7.35. The molecule has 0 saturated carbocycles. The molecular weight excluding hydrogens is 296 g/mol. The number of aryl methyl sites for hydroxylation is 1. The number of hydrogen-bond acceptors (Lipinski definition) is 5. The quantitative estimate of drug-likeness (QED) is 0.844. The van der Waals surface area contributed by atoms with Crippen molar-refractivity contribution in [2.45, 2.75) is 12.8 Å². The minimum atomic E-state index is -0.851. The smallest absolute Gasteiger partial charge is 0.303 e. The Kier molecular flexibility index (Phi) is 5.24. The van der Waals surface area contributed by atoms with Gasteiger partial charge in [-0.3, -0.25) is 9.59 Å². The SMILES string of the molecule is CN(C)c1cnc(C(=O)Nc2cccc(CCC(=O)O)c2)cn1. The van der Waals surface area contributed by atoms with Gasteiger partial charge in [0, 0.05) is 26.2 Å². The highest BCUT2D eigenvalue weighted by Gasteiger charge is 2.09. The molecule has 0 aliphatic rings. The van der Waals surface area contributed by atoms with Crippen LogP contribution >= 0.6 is 0 Å². The number of aliphatic carboxylic acids is 1. The molecule has 2 N–H and O–H groups in total. The van der Waals surface area contributed by atoms with E-state index in [0.29, 0.717) is 17.9 Å². The molecular formula is C16H18N4O3. The van der Waals surface area contributed by atoms with Gasteiger partial charge in [-0.15, -0.1) is 0 Å². The summed E-state index contributed by atoms with van der Waals surface area (Å²) in [6.07, 6.45) is 3.41. The molecule has 0 saturated heterocycles. The van der Waals surface area contributed by atoms with Crippen LogP contribution in [0.4, 0.5) is 11.5 Å².